The first kappa shape index (κ1) is 26.2. The fraction of sp³-hybridized carbons (Fsp3) is 0.133. The number of hydrogen-bond acceptors (Lipinski definition) is 8. The molecule has 40 heavy (non-hydrogen) atoms. The van der Waals surface area contributed by atoms with Gasteiger partial charge in [0, 0.05) is 29.1 Å². The monoisotopic (exact) mass is 534 g/mol. The van der Waals surface area contributed by atoms with E-state index in [1.807, 2.05) is 74.5 Å². The topological polar surface area (TPSA) is 113 Å². The van der Waals surface area contributed by atoms with Gasteiger partial charge >= 0.3 is 11.9 Å². The van der Waals surface area contributed by atoms with Gasteiger partial charge in [-0.1, -0.05) is 60.7 Å². The second kappa shape index (κ2) is 11.2. The maximum atomic E-state index is 11.7. The molecule has 0 saturated heterocycles. The van der Waals surface area contributed by atoms with Gasteiger partial charge in [-0.25, -0.2) is 28.6 Å². The third kappa shape index (κ3) is 5.14. The van der Waals surface area contributed by atoms with E-state index in [1.165, 1.54) is 14.2 Å². The lowest BCUT2D eigenvalue weighted by Crippen LogP contribution is -2.05. The second-order valence-corrected chi connectivity index (χ2v) is 8.88. The molecule has 0 radical (unpaired) electrons. The molecule has 0 aliphatic carbocycles. The van der Waals surface area contributed by atoms with E-state index in [-0.39, 0.29) is 11.9 Å². The number of fused-ring (bicyclic) bond motifs is 2. The molecule has 4 aromatic heterocycles. The van der Waals surface area contributed by atoms with Crippen molar-refractivity contribution >= 4 is 23.2 Å². The molecule has 0 amide bonds. The maximum Gasteiger partial charge on any atom is 0.338 e. The molecule has 2 aromatic carbocycles. The fourth-order valence-electron chi connectivity index (χ4n) is 4.18. The van der Waals surface area contributed by atoms with Crippen LogP contribution in [-0.2, 0) is 9.47 Å². The van der Waals surface area contributed by atoms with Gasteiger partial charge in [-0.05, 0) is 31.5 Å². The number of nitrogens with zero attached hydrogens (tertiary/aromatic N) is 6. The first-order valence-corrected chi connectivity index (χ1v) is 12.4. The molecular weight excluding hydrogens is 508 g/mol. The Morgan fingerprint density at radius 2 is 1.25 bits per heavy atom. The summed E-state index contributed by atoms with van der Waals surface area (Å²) >= 11 is 0. The quantitative estimate of drug-likeness (QED) is 0.291. The zero-order valence-electron chi connectivity index (χ0n) is 22.4. The molecule has 0 aliphatic rings. The number of hydrogen-bond donors (Lipinski definition) is 0. The number of carbonyl (C=O) groups excluding carboxylic acids is 2. The number of aryl methyl sites for hydroxylation is 2. The van der Waals surface area contributed by atoms with Gasteiger partial charge in [0.05, 0.1) is 25.3 Å². The van der Waals surface area contributed by atoms with Gasteiger partial charge in [-0.2, -0.15) is 0 Å². The molecule has 10 heteroatoms. The summed E-state index contributed by atoms with van der Waals surface area (Å²) in [6.45, 7) is 3.68. The van der Waals surface area contributed by atoms with Crippen LogP contribution in [0.15, 0.2) is 85.2 Å². The molecule has 0 aliphatic heterocycles. The van der Waals surface area contributed by atoms with Crippen molar-refractivity contribution in [3.63, 3.8) is 0 Å². The third-order valence-electron chi connectivity index (χ3n) is 6.30. The molecule has 0 bridgehead atoms. The number of aromatic nitrogens is 6. The van der Waals surface area contributed by atoms with Crippen molar-refractivity contribution in [1.29, 1.82) is 0 Å². The van der Waals surface area contributed by atoms with Crippen molar-refractivity contribution in [3.8, 4) is 22.8 Å². The minimum absolute atomic E-state index is 0.366. The summed E-state index contributed by atoms with van der Waals surface area (Å²) in [7, 11) is 2.73. The van der Waals surface area contributed by atoms with Gasteiger partial charge < -0.3 is 9.47 Å². The van der Waals surface area contributed by atoms with E-state index in [4.69, 9.17) is 9.47 Å². The molecule has 0 saturated carbocycles. The van der Waals surface area contributed by atoms with Crippen LogP contribution in [0.3, 0.4) is 0 Å². The van der Waals surface area contributed by atoms with E-state index in [0.29, 0.717) is 34.1 Å². The molecule has 4 heterocycles. The molecule has 10 nitrogen and oxygen atoms in total. The zero-order valence-corrected chi connectivity index (χ0v) is 22.4. The molecule has 6 rings (SSSR count). The lowest BCUT2D eigenvalue weighted by atomic mass is 10.1. The predicted octanol–water partition coefficient (Wildman–Crippen LogP) is 4.98. The number of benzene rings is 2. The highest BCUT2D eigenvalue weighted by molar-refractivity contribution is 5.93. The Morgan fingerprint density at radius 1 is 0.700 bits per heavy atom. The van der Waals surface area contributed by atoms with Gasteiger partial charge in [-0.3, -0.25) is 0 Å². The number of carbonyl (C=O) groups is 2. The van der Waals surface area contributed by atoms with Crippen LogP contribution in [-0.4, -0.2) is 55.4 Å². The number of methoxy groups -OCH3 is 2. The average molecular weight is 535 g/mol. The second-order valence-electron chi connectivity index (χ2n) is 8.88. The Labute approximate surface area is 229 Å². The lowest BCUT2D eigenvalue weighted by molar-refractivity contribution is 0.0591. The summed E-state index contributed by atoms with van der Waals surface area (Å²) in [5.74, 6) is 0.534. The SMILES string of the molecule is COC(=O)c1cc2nc(-c3ccccc3)nn2cc1C.COC(=O)c1ccn2nc(-c3ccccc3)nc2c1C. The molecule has 0 spiro atoms. The Balaban J connectivity index is 0.000000161. The number of esters is 2. The van der Waals surface area contributed by atoms with E-state index in [1.54, 1.807) is 33.6 Å². The molecule has 0 atom stereocenters. The van der Waals surface area contributed by atoms with Crippen molar-refractivity contribution in [2.45, 2.75) is 13.8 Å². The third-order valence-corrected chi connectivity index (χ3v) is 6.30. The predicted molar refractivity (Wildman–Crippen MR) is 149 cm³/mol. The Bertz CT molecular complexity index is 1810. The summed E-state index contributed by atoms with van der Waals surface area (Å²) in [5, 5.41) is 8.85. The summed E-state index contributed by atoms with van der Waals surface area (Å²) < 4.78 is 12.9. The molecule has 200 valence electrons. The van der Waals surface area contributed by atoms with Crippen LogP contribution < -0.4 is 0 Å². The van der Waals surface area contributed by atoms with Gasteiger partial charge in [0.1, 0.15) is 0 Å². The number of ether oxygens (including phenoxy) is 2. The van der Waals surface area contributed by atoms with E-state index in [2.05, 4.69) is 20.2 Å². The van der Waals surface area contributed by atoms with Crippen molar-refractivity contribution in [2.24, 2.45) is 0 Å². The van der Waals surface area contributed by atoms with Crippen LogP contribution >= 0.6 is 0 Å². The highest BCUT2D eigenvalue weighted by atomic mass is 16.5. The molecule has 0 N–H and O–H groups in total. The van der Waals surface area contributed by atoms with Crippen LogP contribution in [0.1, 0.15) is 31.8 Å². The van der Waals surface area contributed by atoms with Crippen LogP contribution in [0.5, 0.6) is 0 Å². The summed E-state index contributed by atoms with van der Waals surface area (Å²) in [4.78, 5) is 32.3. The normalized spacial score (nSPS) is 10.7. The van der Waals surface area contributed by atoms with Crippen molar-refractivity contribution in [2.75, 3.05) is 14.2 Å². The van der Waals surface area contributed by atoms with Crippen molar-refractivity contribution < 1.29 is 19.1 Å². The zero-order chi connectivity index (χ0) is 28.2. The highest BCUT2D eigenvalue weighted by Crippen LogP contribution is 2.20. The first-order valence-electron chi connectivity index (χ1n) is 12.4. The summed E-state index contributed by atoms with van der Waals surface area (Å²) in [5.41, 5.74) is 5.73. The summed E-state index contributed by atoms with van der Waals surface area (Å²) in [6.07, 6.45) is 3.50. The fourth-order valence-corrected chi connectivity index (χ4v) is 4.18. The molecule has 0 fully saturated rings. The minimum atomic E-state index is -0.366. The first-order chi connectivity index (χ1) is 19.4. The van der Waals surface area contributed by atoms with E-state index in [0.717, 1.165) is 22.3 Å². The maximum absolute atomic E-state index is 11.7. The van der Waals surface area contributed by atoms with E-state index < -0.39 is 0 Å². The standard InChI is InChI=1S/2C15H13N3O2/c1-10-9-18-13(8-12(10)15(19)20-2)16-14(17-18)11-6-4-3-5-7-11;1-10-12(15(19)20-2)8-9-18-14(10)16-13(17-18)11-6-4-3-5-7-11/h2*3-9H,1-2H3. The van der Waals surface area contributed by atoms with Crippen LogP contribution in [0.4, 0.5) is 0 Å². The molecule has 6 aromatic rings. The van der Waals surface area contributed by atoms with Crippen LogP contribution in [0.2, 0.25) is 0 Å². The van der Waals surface area contributed by atoms with Gasteiger partial charge in [-0.15, -0.1) is 10.2 Å². The number of pyridine rings is 2. The largest absolute Gasteiger partial charge is 0.465 e. The Morgan fingerprint density at radius 3 is 1.85 bits per heavy atom. The molecule has 0 unspecified atom stereocenters. The Hall–Kier alpha value is -5.38. The van der Waals surface area contributed by atoms with Crippen molar-refractivity contribution in [3.05, 3.63) is 107 Å². The van der Waals surface area contributed by atoms with E-state index in [9.17, 15) is 9.59 Å². The lowest BCUT2D eigenvalue weighted by Gasteiger charge is -2.03. The van der Waals surface area contributed by atoms with Gasteiger partial charge in [0.2, 0.25) is 0 Å². The highest BCUT2D eigenvalue weighted by Gasteiger charge is 2.16. The van der Waals surface area contributed by atoms with Crippen molar-refractivity contribution in [1.82, 2.24) is 29.2 Å². The average Bonchev–Trinajstić information content (AvgIpc) is 3.62. The molecular formula is C30H26N6O4. The summed E-state index contributed by atoms with van der Waals surface area (Å²) in [6, 6.07) is 22.8. The minimum Gasteiger partial charge on any atom is -0.465 e. The smallest absolute Gasteiger partial charge is 0.338 e. The number of rotatable bonds is 4. The van der Waals surface area contributed by atoms with E-state index >= 15 is 0 Å². The van der Waals surface area contributed by atoms with Gasteiger partial charge in [0.15, 0.2) is 22.9 Å². The van der Waals surface area contributed by atoms with Gasteiger partial charge in [0.25, 0.3) is 0 Å². The Kier molecular flexibility index (Phi) is 7.32. The van der Waals surface area contributed by atoms with Crippen LogP contribution in [0, 0.1) is 13.8 Å². The van der Waals surface area contributed by atoms with Crippen LogP contribution in [0.25, 0.3) is 34.1 Å².